The molecule has 106 valence electrons. The molecule has 5 nitrogen and oxygen atoms in total. The van der Waals surface area contributed by atoms with E-state index in [9.17, 15) is 0 Å². The van der Waals surface area contributed by atoms with Crippen LogP contribution < -0.4 is 10.1 Å². The standard InChI is InChI=1S/C15H19N3O2/c1-16-9-13-10-18-15(11-17-13)20-14-5-3-12(4-6-14)7-8-19-2/h3-6,10-11,16H,7-9H2,1-2H3. The number of hydrogen-bond acceptors (Lipinski definition) is 5. The molecule has 1 aromatic heterocycles. The average molecular weight is 273 g/mol. The van der Waals surface area contributed by atoms with Crippen LogP contribution in [0.3, 0.4) is 0 Å². The molecule has 20 heavy (non-hydrogen) atoms. The SMILES string of the molecule is CNCc1cnc(Oc2ccc(CCOC)cc2)cn1. The highest BCUT2D eigenvalue weighted by Crippen LogP contribution is 2.19. The largest absolute Gasteiger partial charge is 0.438 e. The maximum atomic E-state index is 5.65. The van der Waals surface area contributed by atoms with E-state index >= 15 is 0 Å². The van der Waals surface area contributed by atoms with Crippen molar-refractivity contribution in [2.45, 2.75) is 13.0 Å². The number of methoxy groups -OCH3 is 1. The lowest BCUT2D eigenvalue weighted by Gasteiger charge is -2.06. The highest BCUT2D eigenvalue weighted by Gasteiger charge is 2.01. The van der Waals surface area contributed by atoms with E-state index in [0.29, 0.717) is 12.4 Å². The molecule has 0 amide bonds. The predicted octanol–water partition coefficient (Wildman–Crippen LogP) is 2.18. The number of rotatable bonds is 7. The van der Waals surface area contributed by atoms with Gasteiger partial charge in [-0.25, -0.2) is 4.98 Å². The van der Waals surface area contributed by atoms with Crippen molar-refractivity contribution in [3.05, 3.63) is 47.9 Å². The van der Waals surface area contributed by atoms with Crippen molar-refractivity contribution in [1.29, 1.82) is 0 Å². The van der Waals surface area contributed by atoms with E-state index in [2.05, 4.69) is 15.3 Å². The minimum atomic E-state index is 0.495. The Labute approximate surface area is 119 Å². The number of ether oxygens (including phenoxy) is 2. The molecular weight excluding hydrogens is 254 g/mol. The minimum absolute atomic E-state index is 0.495. The lowest BCUT2D eigenvalue weighted by molar-refractivity contribution is 0.202. The molecule has 0 fully saturated rings. The highest BCUT2D eigenvalue weighted by atomic mass is 16.5. The third-order valence-electron chi connectivity index (χ3n) is 2.78. The van der Waals surface area contributed by atoms with Crippen LogP contribution in [0.2, 0.25) is 0 Å². The predicted molar refractivity (Wildman–Crippen MR) is 76.9 cm³/mol. The maximum Gasteiger partial charge on any atom is 0.237 e. The van der Waals surface area contributed by atoms with Crippen LogP contribution in [0.25, 0.3) is 0 Å². The monoisotopic (exact) mass is 273 g/mol. The molecule has 0 aliphatic carbocycles. The smallest absolute Gasteiger partial charge is 0.237 e. The van der Waals surface area contributed by atoms with Gasteiger partial charge in [0.15, 0.2) is 0 Å². The van der Waals surface area contributed by atoms with E-state index in [4.69, 9.17) is 9.47 Å². The van der Waals surface area contributed by atoms with E-state index in [1.165, 1.54) is 5.56 Å². The molecule has 0 spiro atoms. The quantitative estimate of drug-likeness (QED) is 0.838. The fourth-order valence-corrected chi connectivity index (χ4v) is 1.73. The maximum absolute atomic E-state index is 5.65. The summed E-state index contributed by atoms with van der Waals surface area (Å²) in [7, 11) is 3.57. The summed E-state index contributed by atoms with van der Waals surface area (Å²) in [5, 5.41) is 3.02. The van der Waals surface area contributed by atoms with Gasteiger partial charge in [-0.15, -0.1) is 0 Å². The average Bonchev–Trinajstić information content (AvgIpc) is 2.49. The summed E-state index contributed by atoms with van der Waals surface area (Å²) < 4.78 is 10.7. The Bertz CT molecular complexity index is 512. The Balaban J connectivity index is 1.95. The molecule has 0 aliphatic heterocycles. The van der Waals surface area contributed by atoms with E-state index in [0.717, 1.165) is 24.5 Å². The van der Waals surface area contributed by atoms with E-state index in [1.54, 1.807) is 19.5 Å². The Kier molecular flexibility index (Phi) is 5.46. The molecule has 1 aromatic carbocycles. The molecule has 5 heteroatoms. The Hall–Kier alpha value is -1.98. The van der Waals surface area contributed by atoms with Gasteiger partial charge in [-0.2, -0.15) is 0 Å². The first-order valence-electron chi connectivity index (χ1n) is 6.53. The van der Waals surface area contributed by atoms with E-state index in [-0.39, 0.29) is 0 Å². The molecule has 1 N–H and O–H groups in total. The zero-order chi connectivity index (χ0) is 14.2. The first kappa shape index (κ1) is 14.4. The second kappa shape index (κ2) is 7.57. The van der Waals surface area contributed by atoms with Gasteiger partial charge in [0, 0.05) is 13.7 Å². The lowest BCUT2D eigenvalue weighted by atomic mass is 10.1. The van der Waals surface area contributed by atoms with Crippen molar-refractivity contribution >= 4 is 0 Å². The summed E-state index contributed by atoms with van der Waals surface area (Å²) >= 11 is 0. The summed E-state index contributed by atoms with van der Waals surface area (Å²) in [4.78, 5) is 8.48. The molecule has 0 saturated heterocycles. The second-order valence-electron chi connectivity index (χ2n) is 4.37. The molecule has 0 aliphatic rings. The number of nitrogens with zero attached hydrogens (tertiary/aromatic N) is 2. The lowest BCUT2D eigenvalue weighted by Crippen LogP contribution is -2.07. The third-order valence-corrected chi connectivity index (χ3v) is 2.78. The topological polar surface area (TPSA) is 56.3 Å². The number of aromatic nitrogens is 2. The van der Waals surface area contributed by atoms with Crippen molar-refractivity contribution in [2.24, 2.45) is 0 Å². The van der Waals surface area contributed by atoms with Crippen molar-refractivity contribution in [3.63, 3.8) is 0 Å². The highest BCUT2D eigenvalue weighted by molar-refractivity contribution is 5.30. The first-order valence-corrected chi connectivity index (χ1v) is 6.53. The summed E-state index contributed by atoms with van der Waals surface area (Å²) in [6.07, 6.45) is 4.24. The molecule has 2 aromatic rings. The van der Waals surface area contributed by atoms with Crippen LogP contribution in [0.5, 0.6) is 11.6 Å². The zero-order valence-corrected chi connectivity index (χ0v) is 11.8. The van der Waals surface area contributed by atoms with Gasteiger partial charge in [0.25, 0.3) is 0 Å². The van der Waals surface area contributed by atoms with Crippen LogP contribution in [-0.4, -0.2) is 30.7 Å². The number of benzene rings is 1. The second-order valence-corrected chi connectivity index (χ2v) is 4.37. The minimum Gasteiger partial charge on any atom is -0.438 e. The Morgan fingerprint density at radius 1 is 1.10 bits per heavy atom. The fraction of sp³-hybridized carbons (Fsp3) is 0.333. The molecule has 2 rings (SSSR count). The van der Waals surface area contributed by atoms with Gasteiger partial charge in [0.1, 0.15) is 5.75 Å². The van der Waals surface area contributed by atoms with Crippen LogP contribution in [0.4, 0.5) is 0 Å². The fourth-order valence-electron chi connectivity index (χ4n) is 1.73. The van der Waals surface area contributed by atoms with Crippen molar-refractivity contribution in [2.75, 3.05) is 20.8 Å². The van der Waals surface area contributed by atoms with Crippen LogP contribution in [0, 0.1) is 0 Å². The van der Waals surface area contributed by atoms with Crippen LogP contribution in [0.1, 0.15) is 11.3 Å². The molecule has 0 saturated carbocycles. The van der Waals surface area contributed by atoms with Gasteiger partial charge in [-0.05, 0) is 31.2 Å². The molecular formula is C15H19N3O2. The Morgan fingerprint density at radius 3 is 2.50 bits per heavy atom. The number of nitrogens with one attached hydrogen (secondary N) is 1. The molecule has 1 heterocycles. The van der Waals surface area contributed by atoms with Gasteiger partial charge < -0.3 is 14.8 Å². The molecule has 0 unspecified atom stereocenters. The number of hydrogen-bond donors (Lipinski definition) is 1. The van der Waals surface area contributed by atoms with Crippen LogP contribution in [-0.2, 0) is 17.7 Å². The normalized spacial score (nSPS) is 10.5. The van der Waals surface area contributed by atoms with Gasteiger partial charge in [-0.3, -0.25) is 4.98 Å². The van der Waals surface area contributed by atoms with Gasteiger partial charge >= 0.3 is 0 Å². The van der Waals surface area contributed by atoms with Crippen LogP contribution in [0.15, 0.2) is 36.7 Å². The van der Waals surface area contributed by atoms with Gasteiger partial charge in [0.2, 0.25) is 5.88 Å². The van der Waals surface area contributed by atoms with Crippen molar-refractivity contribution in [3.8, 4) is 11.6 Å². The van der Waals surface area contributed by atoms with Crippen LogP contribution >= 0.6 is 0 Å². The molecule has 0 atom stereocenters. The van der Waals surface area contributed by atoms with Gasteiger partial charge in [0.05, 0.1) is 24.7 Å². The molecule has 0 bridgehead atoms. The van der Waals surface area contributed by atoms with Gasteiger partial charge in [-0.1, -0.05) is 12.1 Å². The first-order chi connectivity index (χ1) is 9.81. The van der Waals surface area contributed by atoms with Crippen molar-refractivity contribution in [1.82, 2.24) is 15.3 Å². The van der Waals surface area contributed by atoms with E-state index in [1.807, 2.05) is 31.3 Å². The third kappa shape index (κ3) is 4.29. The Morgan fingerprint density at radius 2 is 1.90 bits per heavy atom. The summed E-state index contributed by atoms with van der Waals surface area (Å²) in [6.45, 7) is 1.42. The van der Waals surface area contributed by atoms with E-state index < -0.39 is 0 Å². The summed E-state index contributed by atoms with van der Waals surface area (Å²) in [6, 6.07) is 7.90. The molecule has 0 radical (unpaired) electrons. The summed E-state index contributed by atoms with van der Waals surface area (Å²) in [5.74, 6) is 1.25. The zero-order valence-electron chi connectivity index (χ0n) is 11.8. The summed E-state index contributed by atoms with van der Waals surface area (Å²) in [5.41, 5.74) is 2.10. The van der Waals surface area contributed by atoms with Crippen molar-refractivity contribution < 1.29 is 9.47 Å².